The molecule has 2 heterocycles. The zero-order valence-electron chi connectivity index (χ0n) is 11.2. The van der Waals surface area contributed by atoms with Crippen LogP contribution in [0.4, 0.5) is 5.82 Å². The van der Waals surface area contributed by atoms with Gasteiger partial charge in [-0.2, -0.15) is 0 Å². The van der Waals surface area contributed by atoms with Gasteiger partial charge in [0.1, 0.15) is 16.2 Å². The highest BCUT2D eigenvalue weighted by atomic mass is 79.9. The smallest absolute Gasteiger partial charge is 0.133 e. The molecular formula is C13H20BrN3O. The van der Waals surface area contributed by atoms with Crippen LogP contribution in [0.1, 0.15) is 32.5 Å². The maximum Gasteiger partial charge on any atom is 0.133 e. The van der Waals surface area contributed by atoms with Gasteiger partial charge in [-0.25, -0.2) is 9.97 Å². The maximum atomic E-state index is 5.62. The molecule has 1 aliphatic rings. The highest BCUT2D eigenvalue weighted by molar-refractivity contribution is 9.10. The summed E-state index contributed by atoms with van der Waals surface area (Å²) in [6.07, 6.45) is 3.29. The first-order valence-electron chi connectivity index (χ1n) is 6.49. The lowest BCUT2D eigenvalue weighted by molar-refractivity contribution is 0.118. The van der Waals surface area contributed by atoms with Crippen LogP contribution in [0.2, 0.25) is 0 Å². The molecule has 4 nitrogen and oxygen atoms in total. The molecule has 18 heavy (non-hydrogen) atoms. The molecule has 1 aromatic heterocycles. The predicted molar refractivity (Wildman–Crippen MR) is 75.9 cm³/mol. The van der Waals surface area contributed by atoms with Crippen molar-refractivity contribution in [3.05, 3.63) is 16.5 Å². The standard InChI is InChI=1S/C13H20BrN3O/c1-4-5-12-15-11(14)8-13(16-12)17(3)10-6-7-18-9(10)2/h8-10H,4-7H2,1-3H3. The Kier molecular flexibility index (Phi) is 4.56. The minimum atomic E-state index is 0.262. The number of nitrogens with zero attached hydrogens (tertiary/aromatic N) is 3. The number of hydrogen-bond donors (Lipinski definition) is 0. The van der Waals surface area contributed by atoms with Crippen molar-refractivity contribution in [1.82, 2.24) is 9.97 Å². The number of likely N-dealkylation sites (N-methyl/N-ethyl adjacent to an activating group) is 1. The summed E-state index contributed by atoms with van der Waals surface area (Å²) in [6, 6.07) is 2.38. The summed E-state index contributed by atoms with van der Waals surface area (Å²) in [4.78, 5) is 11.2. The van der Waals surface area contributed by atoms with Crippen LogP contribution in [0.5, 0.6) is 0 Å². The predicted octanol–water partition coefficient (Wildman–Crippen LogP) is 2.81. The Bertz CT molecular complexity index is 413. The molecule has 1 saturated heterocycles. The van der Waals surface area contributed by atoms with Crippen LogP contribution >= 0.6 is 15.9 Å². The summed E-state index contributed by atoms with van der Waals surface area (Å²) in [7, 11) is 2.08. The van der Waals surface area contributed by atoms with E-state index >= 15 is 0 Å². The minimum Gasteiger partial charge on any atom is -0.376 e. The van der Waals surface area contributed by atoms with E-state index in [2.05, 4.69) is 51.7 Å². The van der Waals surface area contributed by atoms with Gasteiger partial charge in [0, 0.05) is 26.1 Å². The molecular weight excluding hydrogens is 294 g/mol. The Hall–Kier alpha value is -0.680. The largest absolute Gasteiger partial charge is 0.376 e. The van der Waals surface area contributed by atoms with Gasteiger partial charge in [0.25, 0.3) is 0 Å². The Morgan fingerprint density at radius 2 is 2.28 bits per heavy atom. The number of aryl methyl sites for hydroxylation is 1. The Morgan fingerprint density at radius 3 is 2.89 bits per heavy atom. The summed E-state index contributed by atoms with van der Waals surface area (Å²) in [6.45, 7) is 5.10. The van der Waals surface area contributed by atoms with Gasteiger partial charge in [-0.15, -0.1) is 0 Å². The van der Waals surface area contributed by atoms with E-state index in [9.17, 15) is 0 Å². The monoisotopic (exact) mass is 313 g/mol. The van der Waals surface area contributed by atoms with Gasteiger partial charge in [0.2, 0.25) is 0 Å². The van der Waals surface area contributed by atoms with Crippen LogP contribution in [0.3, 0.4) is 0 Å². The van der Waals surface area contributed by atoms with Gasteiger partial charge in [-0.1, -0.05) is 6.92 Å². The fourth-order valence-electron chi connectivity index (χ4n) is 2.37. The first-order valence-corrected chi connectivity index (χ1v) is 7.29. The van der Waals surface area contributed by atoms with Crippen LogP contribution < -0.4 is 4.90 Å². The molecule has 1 fully saturated rings. The number of halogens is 1. The fourth-order valence-corrected chi connectivity index (χ4v) is 2.78. The number of rotatable bonds is 4. The van der Waals surface area contributed by atoms with E-state index in [-0.39, 0.29) is 6.10 Å². The second-order valence-corrected chi connectivity index (χ2v) is 5.57. The van der Waals surface area contributed by atoms with Gasteiger partial charge in [0.05, 0.1) is 12.1 Å². The zero-order chi connectivity index (χ0) is 13.1. The first-order chi connectivity index (χ1) is 8.61. The van der Waals surface area contributed by atoms with Gasteiger partial charge in [0.15, 0.2) is 0 Å². The molecule has 0 N–H and O–H groups in total. The molecule has 1 aliphatic heterocycles. The van der Waals surface area contributed by atoms with E-state index in [0.717, 1.165) is 42.1 Å². The summed E-state index contributed by atoms with van der Waals surface area (Å²) >= 11 is 3.47. The quantitative estimate of drug-likeness (QED) is 0.801. The normalized spacial score (nSPS) is 23.3. The molecule has 0 aliphatic carbocycles. The van der Waals surface area contributed by atoms with E-state index in [0.29, 0.717) is 6.04 Å². The molecule has 5 heteroatoms. The van der Waals surface area contributed by atoms with Crippen LogP contribution in [-0.4, -0.2) is 35.8 Å². The summed E-state index contributed by atoms with van der Waals surface area (Å²) in [5.41, 5.74) is 0. The molecule has 0 aromatic carbocycles. The first kappa shape index (κ1) is 13.7. The third-order valence-corrected chi connectivity index (χ3v) is 3.80. The summed E-state index contributed by atoms with van der Waals surface area (Å²) < 4.78 is 6.48. The maximum absolute atomic E-state index is 5.62. The van der Waals surface area contributed by atoms with Crippen molar-refractivity contribution in [2.75, 3.05) is 18.6 Å². The highest BCUT2D eigenvalue weighted by Gasteiger charge is 2.28. The van der Waals surface area contributed by atoms with E-state index in [4.69, 9.17) is 4.74 Å². The molecule has 0 amide bonds. The summed E-state index contributed by atoms with van der Waals surface area (Å²) in [5, 5.41) is 0. The number of aromatic nitrogens is 2. The molecule has 0 spiro atoms. The van der Waals surface area contributed by atoms with E-state index in [1.54, 1.807) is 0 Å². The van der Waals surface area contributed by atoms with Crippen molar-refractivity contribution < 1.29 is 4.74 Å². The van der Waals surface area contributed by atoms with Crippen LogP contribution in [-0.2, 0) is 11.2 Å². The van der Waals surface area contributed by atoms with Gasteiger partial charge < -0.3 is 9.64 Å². The van der Waals surface area contributed by atoms with Crippen molar-refractivity contribution in [2.24, 2.45) is 0 Å². The molecule has 0 saturated carbocycles. The van der Waals surface area contributed by atoms with Crippen molar-refractivity contribution in [2.45, 2.75) is 45.3 Å². The molecule has 2 unspecified atom stereocenters. The second kappa shape index (κ2) is 5.97. The molecule has 0 radical (unpaired) electrons. The molecule has 2 rings (SSSR count). The lowest BCUT2D eigenvalue weighted by Crippen LogP contribution is -2.37. The van der Waals surface area contributed by atoms with Gasteiger partial charge >= 0.3 is 0 Å². The van der Waals surface area contributed by atoms with E-state index < -0.39 is 0 Å². The van der Waals surface area contributed by atoms with Gasteiger partial charge in [-0.05, 0) is 35.7 Å². The van der Waals surface area contributed by atoms with Crippen molar-refractivity contribution in [3.63, 3.8) is 0 Å². The molecule has 0 bridgehead atoms. The number of hydrogen-bond acceptors (Lipinski definition) is 4. The average Bonchev–Trinajstić information content (AvgIpc) is 2.74. The second-order valence-electron chi connectivity index (χ2n) is 4.76. The van der Waals surface area contributed by atoms with Crippen LogP contribution in [0.15, 0.2) is 10.7 Å². The van der Waals surface area contributed by atoms with Crippen molar-refractivity contribution >= 4 is 21.7 Å². The molecule has 100 valence electrons. The van der Waals surface area contributed by atoms with Gasteiger partial charge in [-0.3, -0.25) is 0 Å². The summed E-state index contributed by atoms with van der Waals surface area (Å²) in [5.74, 6) is 1.88. The molecule has 2 atom stereocenters. The van der Waals surface area contributed by atoms with Crippen LogP contribution in [0, 0.1) is 0 Å². The van der Waals surface area contributed by atoms with Crippen molar-refractivity contribution in [1.29, 1.82) is 0 Å². The molecule has 1 aromatic rings. The number of ether oxygens (including phenoxy) is 1. The third kappa shape index (κ3) is 3.01. The van der Waals surface area contributed by atoms with Crippen LogP contribution in [0.25, 0.3) is 0 Å². The van der Waals surface area contributed by atoms with E-state index in [1.807, 2.05) is 6.07 Å². The number of anilines is 1. The lowest BCUT2D eigenvalue weighted by atomic mass is 10.1. The SMILES string of the molecule is CCCc1nc(Br)cc(N(C)C2CCOC2C)n1. The zero-order valence-corrected chi connectivity index (χ0v) is 12.8. The topological polar surface area (TPSA) is 38.2 Å². The Labute approximate surface area is 117 Å². The Morgan fingerprint density at radius 1 is 1.50 bits per heavy atom. The average molecular weight is 314 g/mol. The Balaban J connectivity index is 2.21. The minimum absolute atomic E-state index is 0.262. The highest BCUT2D eigenvalue weighted by Crippen LogP contribution is 2.24. The van der Waals surface area contributed by atoms with E-state index in [1.165, 1.54) is 0 Å². The fraction of sp³-hybridized carbons (Fsp3) is 0.692. The lowest BCUT2D eigenvalue weighted by Gasteiger charge is -2.28. The third-order valence-electron chi connectivity index (χ3n) is 3.40. The van der Waals surface area contributed by atoms with Crippen molar-refractivity contribution in [3.8, 4) is 0 Å².